The van der Waals surface area contributed by atoms with E-state index in [9.17, 15) is 0 Å². The molecule has 7 heavy (non-hydrogen) atoms. The second-order valence-electron chi connectivity index (χ2n) is 2.06. The van der Waals surface area contributed by atoms with Crippen LogP contribution < -0.4 is 0 Å². The minimum absolute atomic E-state index is 0.678. The fourth-order valence-corrected chi connectivity index (χ4v) is 0.699. The van der Waals surface area contributed by atoms with Crippen LogP contribution in [-0.2, 0) is 0 Å². The zero-order chi connectivity index (χ0) is 5.86. The van der Waals surface area contributed by atoms with E-state index in [2.05, 4.69) is 36.7 Å². The average Bonchev–Trinajstić information content (AvgIpc) is 1.65. The van der Waals surface area contributed by atoms with Crippen LogP contribution in [0.1, 0.15) is 27.2 Å². The molecule has 0 aliphatic carbocycles. The van der Waals surface area contributed by atoms with Crippen molar-refractivity contribution in [1.82, 2.24) is 0 Å². The maximum Gasteiger partial charge on any atom is 0.0143 e. The zero-order valence-corrected chi connectivity index (χ0v) is 6.83. The van der Waals surface area contributed by atoms with Gasteiger partial charge in [0.25, 0.3) is 0 Å². The van der Waals surface area contributed by atoms with Crippen molar-refractivity contribution >= 4 is 15.9 Å². The molecule has 0 aromatic carbocycles. The van der Waals surface area contributed by atoms with Gasteiger partial charge in [-0.05, 0) is 5.92 Å². The second kappa shape index (κ2) is 3.48. The number of hydrogen-bond acceptors (Lipinski definition) is 0. The molecule has 0 aromatic heterocycles. The van der Waals surface area contributed by atoms with E-state index in [4.69, 9.17) is 0 Å². The molecule has 0 radical (unpaired) electrons. The van der Waals surface area contributed by atoms with E-state index in [0.29, 0.717) is 4.83 Å². The summed E-state index contributed by atoms with van der Waals surface area (Å²) in [5.41, 5.74) is 0. The quantitative estimate of drug-likeness (QED) is 0.552. The van der Waals surface area contributed by atoms with Crippen LogP contribution in [0.2, 0.25) is 0 Å². The molecule has 0 saturated carbocycles. The summed E-state index contributed by atoms with van der Waals surface area (Å²) in [6.45, 7) is 6.65. The number of halogens is 1. The van der Waals surface area contributed by atoms with E-state index in [0.717, 1.165) is 5.92 Å². The van der Waals surface area contributed by atoms with Gasteiger partial charge in [0.1, 0.15) is 0 Å². The largest absolute Gasteiger partial charge is 0.0891 e. The Morgan fingerprint density at radius 2 is 1.86 bits per heavy atom. The van der Waals surface area contributed by atoms with Crippen molar-refractivity contribution in [3.05, 3.63) is 0 Å². The van der Waals surface area contributed by atoms with Crippen LogP contribution in [-0.4, -0.2) is 4.83 Å². The van der Waals surface area contributed by atoms with Crippen molar-refractivity contribution in [2.75, 3.05) is 0 Å². The zero-order valence-electron chi connectivity index (χ0n) is 5.24. The standard InChI is InChI=1S/C6H13Br/c1-4-5(2)6(3)7/h5-6H,4H2,1-3H3/t5-,6-/m1/s1. The highest BCUT2D eigenvalue weighted by Crippen LogP contribution is 2.13. The molecule has 0 N–H and O–H groups in total. The molecule has 0 heterocycles. The monoisotopic (exact) mass is 164 g/mol. The first-order chi connectivity index (χ1) is 3.18. The molecule has 2 atom stereocenters. The van der Waals surface area contributed by atoms with Crippen molar-refractivity contribution in [1.29, 1.82) is 0 Å². The lowest BCUT2D eigenvalue weighted by molar-refractivity contribution is 0.564. The van der Waals surface area contributed by atoms with Gasteiger partial charge < -0.3 is 0 Å². The number of alkyl halides is 1. The van der Waals surface area contributed by atoms with E-state index in [1.165, 1.54) is 6.42 Å². The van der Waals surface area contributed by atoms with Gasteiger partial charge in [-0.3, -0.25) is 0 Å². The molecular weight excluding hydrogens is 152 g/mol. The van der Waals surface area contributed by atoms with Crippen LogP contribution in [0.4, 0.5) is 0 Å². The Morgan fingerprint density at radius 1 is 1.43 bits per heavy atom. The van der Waals surface area contributed by atoms with Crippen LogP contribution in [0.15, 0.2) is 0 Å². The molecular formula is C6H13Br. The summed E-state index contributed by atoms with van der Waals surface area (Å²) in [6, 6.07) is 0. The lowest BCUT2D eigenvalue weighted by Crippen LogP contribution is -2.03. The highest BCUT2D eigenvalue weighted by atomic mass is 79.9. The third-order valence-electron chi connectivity index (χ3n) is 1.43. The number of hydrogen-bond donors (Lipinski definition) is 0. The van der Waals surface area contributed by atoms with Crippen molar-refractivity contribution in [3.63, 3.8) is 0 Å². The Labute approximate surface area is 54.4 Å². The van der Waals surface area contributed by atoms with Gasteiger partial charge in [-0.1, -0.05) is 43.1 Å². The summed E-state index contributed by atoms with van der Waals surface area (Å²) < 4.78 is 0. The lowest BCUT2D eigenvalue weighted by Gasteiger charge is -2.08. The third-order valence-corrected chi connectivity index (χ3v) is 2.33. The predicted octanol–water partition coefficient (Wildman–Crippen LogP) is 2.82. The first-order valence-electron chi connectivity index (χ1n) is 2.82. The van der Waals surface area contributed by atoms with Gasteiger partial charge in [-0.15, -0.1) is 0 Å². The van der Waals surface area contributed by atoms with Crippen LogP contribution >= 0.6 is 15.9 Å². The summed E-state index contributed by atoms with van der Waals surface area (Å²) >= 11 is 3.50. The Bertz CT molecular complexity index is 41.4. The van der Waals surface area contributed by atoms with Crippen molar-refractivity contribution in [3.8, 4) is 0 Å². The van der Waals surface area contributed by atoms with Gasteiger partial charge in [0.2, 0.25) is 0 Å². The van der Waals surface area contributed by atoms with Crippen LogP contribution in [0.5, 0.6) is 0 Å². The van der Waals surface area contributed by atoms with Crippen molar-refractivity contribution in [2.24, 2.45) is 5.92 Å². The molecule has 0 aliphatic heterocycles. The number of rotatable bonds is 2. The van der Waals surface area contributed by atoms with Gasteiger partial charge in [-0.2, -0.15) is 0 Å². The summed E-state index contributed by atoms with van der Waals surface area (Å²) in [6.07, 6.45) is 1.27. The fraction of sp³-hybridized carbons (Fsp3) is 1.00. The van der Waals surface area contributed by atoms with E-state index < -0.39 is 0 Å². The summed E-state index contributed by atoms with van der Waals surface area (Å²) in [5.74, 6) is 0.819. The Hall–Kier alpha value is 0.480. The highest BCUT2D eigenvalue weighted by Gasteiger charge is 2.03. The Kier molecular flexibility index (Phi) is 3.72. The van der Waals surface area contributed by atoms with E-state index >= 15 is 0 Å². The maximum absolute atomic E-state index is 3.50. The topological polar surface area (TPSA) is 0 Å². The lowest BCUT2D eigenvalue weighted by atomic mass is 10.1. The molecule has 0 aromatic rings. The molecule has 44 valence electrons. The summed E-state index contributed by atoms with van der Waals surface area (Å²) in [7, 11) is 0. The summed E-state index contributed by atoms with van der Waals surface area (Å²) in [5, 5.41) is 0. The molecule has 0 nitrogen and oxygen atoms in total. The first-order valence-corrected chi connectivity index (χ1v) is 3.74. The molecule has 0 saturated heterocycles. The molecule has 0 bridgehead atoms. The molecule has 0 rings (SSSR count). The van der Waals surface area contributed by atoms with Gasteiger partial charge in [0.15, 0.2) is 0 Å². The predicted molar refractivity (Wildman–Crippen MR) is 37.8 cm³/mol. The van der Waals surface area contributed by atoms with Crippen LogP contribution in [0.3, 0.4) is 0 Å². The first kappa shape index (κ1) is 7.48. The Morgan fingerprint density at radius 3 is 1.86 bits per heavy atom. The molecule has 1 heteroatoms. The van der Waals surface area contributed by atoms with Crippen LogP contribution in [0.25, 0.3) is 0 Å². The van der Waals surface area contributed by atoms with E-state index in [1.807, 2.05) is 0 Å². The normalized spacial score (nSPS) is 18.9. The molecule has 0 fully saturated rings. The van der Waals surface area contributed by atoms with Gasteiger partial charge >= 0.3 is 0 Å². The maximum atomic E-state index is 3.50. The van der Waals surface area contributed by atoms with E-state index in [1.54, 1.807) is 0 Å². The molecule has 0 aliphatic rings. The fourth-order valence-electron chi connectivity index (χ4n) is 0.325. The summed E-state index contributed by atoms with van der Waals surface area (Å²) in [4.78, 5) is 0.678. The van der Waals surface area contributed by atoms with Gasteiger partial charge in [-0.25, -0.2) is 0 Å². The smallest absolute Gasteiger partial charge is 0.0143 e. The van der Waals surface area contributed by atoms with Crippen molar-refractivity contribution in [2.45, 2.75) is 32.0 Å². The van der Waals surface area contributed by atoms with Crippen molar-refractivity contribution < 1.29 is 0 Å². The van der Waals surface area contributed by atoms with Gasteiger partial charge in [0, 0.05) is 4.83 Å². The molecule has 0 spiro atoms. The molecule has 0 unspecified atom stereocenters. The molecule has 0 amide bonds. The minimum Gasteiger partial charge on any atom is -0.0891 e. The van der Waals surface area contributed by atoms with Gasteiger partial charge in [0.05, 0.1) is 0 Å². The Balaban J connectivity index is 3.14. The average molecular weight is 165 g/mol. The third kappa shape index (κ3) is 3.10. The second-order valence-corrected chi connectivity index (χ2v) is 3.51. The van der Waals surface area contributed by atoms with E-state index in [-0.39, 0.29) is 0 Å². The minimum atomic E-state index is 0.678. The highest BCUT2D eigenvalue weighted by molar-refractivity contribution is 9.09. The van der Waals surface area contributed by atoms with Crippen LogP contribution in [0, 0.1) is 5.92 Å². The SMILES string of the molecule is CC[C@@H](C)[C@@H](C)Br.